The van der Waals surface area contributed by atoms with Crippen LogP contribution in [0.3, 0.4) is 0 Å². The Hall–Kier alpha value is -2.81. The minimum atomic E-state index is -0.190. The molecule has 9 heteroatoms. The zero-order chi connectivity index (χ0) is 16.4. The molecule has 0 spiro atoms. The highest BCUT2D eigenvalue weighted by Gasteiger charge is 2.11. The van der Waals surface area contributed by atoms with Crippen molar-refractivity contribution < 1.29 is 9.90 Å². The first-order chi connectivity index (χ1) is 11.0. The van der Waals surface area contributed by atoms with Crippen molar-refractivity contribution in [1.29, 1.82) is 0 Å². The third-order valence-electron chi connectivity index (χ3n) is 3.09. The van der Waals surface area contributed by atoms with E-state index in [4.69, 9.17) is 5.73 Å². The highest BCUT2D eigenvalue weighted by molar-refractivity contribution is 8.00. The molecule has 0 radical (unpaired) electrons. The fourth-order valence-corrected chi connectivity index (χ4v) is 2.78. The molecule has 0 bridgehead atoms. The first kappa shape index (κ1) is 15.1. The third kappa shape index (κ3) is 3.34. The summed E-state index contributed by atoms with van der Waals surface area (Å²) in [6, 6.07) is 4.88. The van der Waals surface area contributed by atoms with Gasteiger partial charge in [-0.05, 0) is 30.7 Å². The topological polar surface area (TPSA) is 130 Å². The third-order valence-corrected chi connectivity index (χ3v) is 4.07. The highest BCUT2D eigenvalue weighted by Crippen LogP contribution is 2.24. The predicted octanol–water partition coefficient (Wildman–Crippen LogP) is 1.68. The monoisotopic (exact) mass is 330 g/mol. The molecule has 0 aliphatic carbocycles. The summed E-state index contributed by atoms with van der Waals surface area (Å²) in [6.45, 7) is 1.76. The molecule has 0 saturated heterocycles. The van der Waals surface area contributed by atoms with E-state index < -0.39 is 0 Å². The number of carbonyl (C=O) groups excluding carboxylic acids is 1. The summed E-state index contributed by atoms with van der Waals surface area (Å²) in [6.07, 6.45) is 1.50. The van der Waals surface area contributed by atoms with Crippen LogP contribution in [0.25, 0.3) is 11.2 Å². The molecule has 23 heavy (non-hydrogen) atoms. The maximum absolute atomic E-state index is 12.0. The van der Waals surface area contributed by atoms with Gasteiger partial charge < -0.3 is 21.1 Å². The van der Waals surface area contributed by atoms with Crippen molar-refractivity contribution in [1.82, 2.24) is 19.9 Å². The van der Waals surface area contributed by atoms with Gasteiger partial charge in [-0.2, -0.15) is 4.98 Å². The minimum absolute atomic E-state index is 0.113. The Labute approximate surface area is 135 Å². The van der Waals surface area contributed by atoms with Crippen LogP contribution in [0.4, 0.5) is 11.6 Å². The standard InChI is InChI=1S/C14H14N6O2S/c1-7-4-8(2-3-9(7)21)18-10(22)5-23-13-11-12(17-6-16-11)19-14(15)20-13/h2-4,6,21H,5H2,1H3,(H,18,22)(H3,15,16,17,19,20). The number of anilines is 2. The maximum Gasteiger partial charge on any atom is 0.234 e. The molecule has 0 unspecified atom stereocenters. The van der Waals surface area contributed by atoms with Crippen LogP contribution in [0.2, 0.25) is 0 Å². The number of nitrogens with zero attached hydrogens (tertiary/aromatic N) is 3. The van der Waals surface area contributed by atoms with Crippen molar-refractivity contribution in [3.05, 3.63) is 30.1 Å². The largest absolute Gasteiger partial charge is 0.508 e. The Morgan fingerprint density at radius 2 is 2.26 bits per heavy atom. The number of aromatic hydroxyl groups is 1. The molecule has 3 rings (SSSR count). The fraction of sp³-hybridized carbons (Fsp3) is 0.143. The van der Waals surface area contributed by atoms with E-state index in [-0.39, 0.29) is 23.4 Å². The van der Waals surface area contributed by atoms with Crippen LogP contribution in [-0.4, -0.2) is 36.7 Å². The molecular weight excluding hydrogens is 316 g/mol. The lowest BCUT2D eigenvalue weighted by Gasteiger charge is -2.07. The van der Waals surface area contributed by atoms with Crippen molar-refractivity contribution in [3.8, 4) is 5.75 Å². The number of aryl methyl sites for hydroxylation is 1. The smallest absolute Gasteiger partial charge is 0.234 e. The van der Waals surface area contributed by atoms with E-state index >= 15 is 0 Å². The summed E-state index contributed by atoms with van der Waals surface area (Å²) < 4.78 is 0. The lowest BCUT2D eigenvalue weighted by atomic mass is 10.2. The highest BCUT2D eigenvalue weighted by atomic mass is 32.2. The number of hydrogen-bond acceptors (Lipinski definition) is 7. The summed E-state index contributed by atoms with van der Waals surface area (Å²) >= 11 is 1.24. The second-order valence-electron chi connectivity index (χ2n) is 4.83. The van der Waals surface area contributed by atoms with Crippen molar-refractivity contribution >= 4 is 40.5 Å². The van der Waals surface area contributed by atoms with E-state index in [0.717, 1.165) is 0 Å². The Morgan fingerprint density at radius 1 is 1.43 bits per heavy atom. The summed E-state index contributed by atoms with van der Waals surface area (Å²) in [7, 11) is 0. The fourth-order valence-electron chi connectivity index (χ4n) is 1.99. The number of phenols is 1. The van der Waals surface area contributed by atoms with Gasteiger partial charge in [0.05, 0.1) is 12.1 Å². The number of H-pyrrole nitrogens is 1. The second kappa shape index (κ2) is 6.13. The molecule has 8 nitrogen and oxygen atoms in total. The molecule has 0 aliphatic rings. The number of thioether (sulfide) groups is 1. The Balaban J connectivity index is 1.68. The van der Waals surface area contributed by atoms with E-state index in [0.29, 0.717) is 27.4 Å². The van der Waals surface area contributed by atoms with Crippen molar-refractivity contribution in [2.24, 2.45) is 0 Å². The molecule has 0 saturated carbocycles. The zero-order valence-electron chi connectivity index (χ0n) is 12.2. The molecule has 2 aromatic heterocycles. The van der Waals surface area contributed by atoms with Gasteiger partial charge >= 0.3 is 0 Å². The number of fused-ring (bicyclic) bond motifs is 1. The van der Waals surface area contributed by atoms with Crippen LogP contribution >= 0.6 is 11.8 Å². The molecule has 0 atom stereocenters. The number of amides is 1. The van der Waals surface area contributed by atoms with Crippen LogP contribution < -0.4 is 11.1 Å². The summed E-state index contributed by atoms with van der Waals surface area (Å²) in [5.41, 5.74) is 8.07. The number of rotatable bonds is 4. The Bertz CT molecular complexity index is 879. The Morgan fingerprint density at radius 3 is 3.04 bits per heavy atom. The number of aromatic nitrogens is 4. The van der Waals surface area contributed by atoms with E-state index in [1.54, 1.807) is 19.1 Å². The van der Waals surface area contributed by atoms with E-state index in [2.05, 4.69) is 25.3 Å². The summed E-state index contributed by atoms with van der Waals surface area (Å²) in [4.78, 5) is 27.1. The van der Waals surface area contributed by atoms with Crippen LogP contribution in [-0.2, 0) is 4.79 Å². The number of benzene rings is 1. The van der Waals surface area contributed by atoms with Crippen molar-refractivity contribution in [3.63, 3.8) is 0 Å². The number of aromatic amines is 1. The van der Waals surface area contributed by atoms with Crippen LogP contribution in [0, 0.1) is 6.92 Å². The number of hydrogen-bond donors (Lipinski definition) is 4. The Kier molecular flexibility index (Phi) is 4.02. The number of carbonyl (C=O) groups is 1. The van der Waals surface area contributed by atoms with Crippen molar-refractivity contribution in [2.45, 2.75) is 11.9 Å². The van der Waals surface area contributed by atoms with Crippen LogP contribution in [0.15, 0.2) is 29.6 Å². The molecule has 118 valence electrons. The number of phenolic OH excluding ortho intramolecular Hbond substituents is 1. The minimum Gasteiger partial charge on any atom is -0.508 e. The van der Waals surface area contributed by atoms with Gasteiger partial charge in [-0.1, -0.05) is 11.8 Å². The molecule has 0 fully saturated rings. The summed E-state index contributed by atoms with van der Waals surface area (Å²) in [5.74, 6) is 0.270. The van der Waals surface area contributed by atoms with Gasteiger partial charge in [0, 0.05) is 5.69 Å². The van der Waals surface area contributed by atoms with Gasteiger partial charge in [-0.3, -0.25) is 4.79 Å². The maximum atomic E-state index is 12.0. The van der Waals surface area contributed by atoms with Gasteiger partial charge in [-0.15, -0.1) is 0 Å². The predicted molar refractivity (Wildman–Crippen MR) is 88.3 cm³/mol. The molecule has 0 aliphatic heterocycles. The molecular formula is C14H14N6O2S. The first-order valence-corrected chi connectivity index (χ1v) is 7.70. The summed E-state index contributed by atoms with van der Waals surface area (Å²) in [5, 5.41) is 12.8. The van der Waals surface area contributed by atoms with Gasteiger partial charge in [-0.25, -0.2) is 9.97 Å². The molecule has 5 N–H and O–H groups in total. The lowest BCUT2D eigenvalue weighted by Crippen LogP contribution is -2.14. The zero-order valence-corrected chi connectivity index (χ0v) is 13.0. The van der Waals surface area contributed by atoms with Gasteiger partial charge in [0.25, 0.3) is 0 Å². The average molecular weight is 330 g/mol. The first-order valence-electron chi connectivity index (χ1n) is 6.72. The molecule has 1 aromatic carbocycles. The number of imidazole rings is 1. The second-order valence-corrected chi connectivity index (χ2v) is 5.79. The molecule has 2 heterocycles. The number of nitrogens with one attached hydrogen (secondary N) is 2. The molecule has 3 aromatic rings. The SMILES string of the molecule is Cc1cc(NC(=O)CSc2nc(N)nc3nc[nH]c23)ccc1O. The van der Waals surface area contributed by atoms with Crippen LogP contribution in [0.5, 0.6) is 5.75 Å². The van der Waals surface area contributed by atoms with E-state index in [1.807, 2.05) is 0 Å². The molecule has 1 amide bonds. The quantitative estimate of drug-likeness (QED) is 0.325. The number of nitrogen functional groups attached to an aromatic ring is 1. The van der Waals surface area contributed by atoms with E-state index in [1.165, 1.54) is 24.2 Å². The number of nitrogens with two attached hydrogens (primary N) is 1. The van der Waals surface area contributed by atoms with Gasteiger partial charge in [0.15, 0.2) is 5.65 Å². The van der Waals surface area contributed by atoms with Crippen LogP contribution in [0.1, 0.15) is 5.56 Å². The lowest BCUT2D eigenvalue weighted by molar-refractivity contribution is -0.113. The average Bonchev–Trinajstić information content (AvgIpc) is 2.97. The van der Waals surface area contributed by atoms with E-state index in [9.17, 15) is 9.90 Å². The van der Waals surface area contributed by atoms with Gasteiger partial charge in [0.1, 0.15) is 16.3 Å². The van der Waals surface area contributed by atoms with Gasteiger partial charge in [0.2, 0.25) is 11.9 Å². The van der Waals surface area contributed by atoms with Crippen molar-refractivity contribution in [2.75, 3.05) is 16.8 Å². The normalized spacial score (nSPS) is 10.8.